The molecule has 0 radical (unpaired) electrons. The highest BCUT2D eigenvalue weighted by atomic mass is 16.4. The molecule has 134 valence electrons. The summed E-state index contributed by atoms with van der Waals surface area (Å²) < 4.78 is 5.30. The maximum Gasteiger partial charge on any atom is 0.336 e. The number of anilines is 1. The molecule has 1 fully saturated rings. The zero-order valence-corrected chi connectivity index (χ0v) is 14.8. The van der Waals surface area contributed by atoms with E-state index in [-0.39, 0.29) is 11.4 Å². The predicted octanol–water partition coefficient (Wildman–Crippen LogP) is 1.08. The van der Waals surface area contributed by atoms with Crippen LogP contribution in [-0.2, 0) is 6.54 Å². The minimum Gasteiger partial charge on any atom is -0.872 e. The third kappa shape index (κ3) is 3.18. The molecular formula is C21H22N2O3. The largest absolute Gasteiger partial charge is 0.872 e. The number of nitrogens with one attached hydrogen (secondary N) is 1. The Morgan fingerprint density at radius 2 is 1.85 bits per heavy atom. The maximum absolute atomic E-state index is 12.0. The summed E-state index contributed by atoms with van der Waals surface area (Å²) in [6.45, 7) is 6.47. The molecule has 0 spiro atoms. The highest BCUT2D eigenvalue weighted by Crippen LogP contribution is 2.25. The maximum atomic E-state index is 12.0. The molecule has 0 saturated carbocycles. The Bertz CT molecular complexity index is 974. The average Bonchev–Trinajstić information content (AvgIpc) is 2.66. The van der Waals surface area contributed by atoms with Crippen molar-refractivity contribution in [2.45, 2.75) is 13.5 Å². The first-order valence-electron chi connectivity index (χ1n) is 8.99. The number of quaternary nitrogens is 1. The molecule has 5 nitrogen and oxygen atoms in total. The lowest BCUT2D eigenvalue weighted by Crippen LogP contribution is -3.13. The van der Waals surface area contributed by atoms with Crippen molar-refractivity contribution in [1.29, 1.82) is 0 Å². The van der Waals surface area contributed by atoms with Gasteiger partial charge in [0.25, 0.3) is 0 Å². The summed E-state index contributed by atoms with van der Waals surface area (Å²) in [6, 6.07) is 15.4. The van der Waals surface area contributed by atoms with Crippen LogP contribution in [0.5, 0.6) is 5.75 Å². The van der Waals surface area contributed by atoms with Crippen LogP contribution in [0.2, 0.25) is 0 Å². The summed E-state index contributed by atoms with van der Waals surface area (Å²) in [5.41, 5.74) is 2.77. The Balaban J connectivity index is 1.54. The van der Waals surface area contributed by atoms with Gasteiger partial charge in [-0.25, -0.2) is 4.79 Å². The topological polar surface area (TPSA) is 61.0 Å². The SMILES string of the molecule is Cc1c([O-])ccc2c(C[NH+]3CCN(c4ccccc4)CC3)cc(=O)oc12. The highest BCUT2D eigenvalue weighted by molar-refractivity contribution is 5.84. The third-order valence-electron chi connectivity index (χ3n) is 5.23. The van der Waals surface area contributed by atoms with Gasteiger partial charge in [0.2, 0.25) is 0 Å². The Hall–Kier alpha value is -2.79. The number of fused-ring (bicyclic) bond motifs is 1. The van der Waals surface area contributed by atoms with E-state index in [0.717, 1.165) is 43.7 Å². The summed E-state index contributed by atoms with van der Waals surface area (Å²) >= 11 is 0. The summed E-state index contributed by atoms with van der Waals surface area (Å²) in [5, 5.41) is 12.7. The van der Waals surface area contributed by atoms with Crippen LogP contribution in [0.15, 0.2) is 57.7 Å². The lowest BCUT2D eigenvalue weighted by Gasteiger charge is -2.33. The van der Waals surface area contributed by atoms with Gasteiger partial charge in [0.15, 0.2) is 0 Å². The van der Waals surface area contributed by atoms with Crippen molar-refractivity contribution in [2.24, 2.45) is 0 Å². The first-order valence-corrected chi connectivity index (χ1v) is 8.99. The molecule has 4 rings (SSSR count). The molecule has 1 N–H and O–H groups in total. The number of nitrogens with zero attached hydrogens (tertiary/aromatic N) is 1. The Labute approximate surface area is 152 Å². The van der Waals surface area contributed by atoms with Crippen LogP contribution in [-0.4, -0.2) is 26.2 Å². The van der Waals surface area contributed by atoms with E-state index >= 15 is 0 Å². The van der Waals surface area contributed by atoms with Crippen molar-refractivity contribution < 1.29 is 14.4 Å². The number of hydrogen-bond acceptors (Lipinski definition) is 4. The van der Waals surface area contributed by atoms with E-state index in [1.54, 1.807) is 25.1 Å². The Morgan fingerprint density at radius 1 is 1.12 bits per heavy atom. The fraction of sp³-hybridized carbons (Fsp3) is 0.286. The molecule has 0 unspecified atom stereocenters. The molecule has 1 saturated heterocycles. The first-order chi connectivity index (χ1) is 12.6. The number of para-hydroxylation sites is 1. The summed E-state index contributed by atoms with van der Waals surface area (Å²) in [4.78, 5) is 15.8. The normalized spacial score (nSPS) is 15.5. The van der Waals surface area contributed by atoms with Crippen LogP contribution in [0.3, 0.4) is 0 Å². The van der Waals surface area contributed by atoms with Gasteiger partial charge < -0.3 is 19.3 Å². The van der Waals surface area contributed by atoms with Gasteiger partial charge >= 0.3 is 5.63 Å². The van der Waals surface area contributed by atoms with Crippen molar-refractivity contribution in [2.75, 3.05) is 31.1 Å². The molecule has 26 heavy (non-hydrogen) atoms. The van der Waals surface area contributed by atoms with Crippen molar-refractivity contribution >= 4 is 16.7 Å². The van der Waals surface area contributed by atoms with Crippen LogP contribution in [0.4, 0.5) is 5.69 Å². The quantitative estimate of drug-likeness (QED) is 0.718. The van der Waals surface area contributed by atoms with Gasteiger partial charge in [-0.15, -0.1) is 5.75 Å². The van der Waals surface area contributed by atoms with Crippen molar-refractivity contribution in [3.05, 3.63) is 70.1 Å². The zero-order chi connectivity index (χ0) is 18.1. The summed E-state index contributed by atoms with van der Waals surface area (Å²) in [6.07, 6.45) is 0. The number of hydrogen-bond donors (Lipinski definition) is 1. The Morgan fingerprint density at radius 3 is 2.58 bits per heavy atom. The smallest absolute Gasteiger partial charge is 0.336 e. The minimum absolute atomic E-state index is 0.0957. The molecule has 2 heterocycles. The fourth-order valence-electron chi connectivity index (χ4n) is 3.72. The van der Waals surface area contributed by atoms with E-state index < -0.39 is 0 Å². The second-order valence-corrected chi connectivity index (χ2v) is 6.91. The molecule has 0 amide bonds. The van der Waals surface area contributed by atoms with Crippen LogP contribution in [0.1, 0.15) is 11.1 Å². The number of piperazine rings is 1. The summed E-state index contributed by atoms with van der Waals surface area (Å²) in [5.74, 6) is -0.0957. The summed E-state index contributed by atoms with van der Waals surface area (Å²) in [7, 11) is 0. The van der Waals surface area contributed by atoms with E-state index in [0.29, 0.717) is 11.1 Å². The van der Waals surface area contributed by atoms with Crippen LogP contribution >= 0.6 is 0 Å². The van der Waals surface area contributed by atoms with Gasteiger partial charge in [-0.1, -0.05) is 30.3 Å². The van der Waals surface area contributed by atoms with Crippen molar-refractivity contribution in [1.82, 2.24) is 0 Å². The van der Waals surface area contributed by atoms with Crippen LogP contribution in [0.25, 0.3) is 11.0 Å². The Kier molecular flexibility index (Phi) is 4.39. The molecular weight excluding hydrogens is 328 g/mol. The molecule has 0 atom stereocenters. The first kappa shape index (κ1) is 16.7. The van der Waals surface area contributed by atoms with Crippen molar-refractivity contribution in [3.63, 3.8) is 0 Å². The number of rotatable bonds is 3. The molecule has 5 heteroatoms. The van der Waals surface area contributed by atoms with E-state index in [9.17, 15) is 9.90 Å². The van der Waals surface area contributed by atoms with Crippen LogP contribution in [0, 0.1) is 6.92 Å². The lowest BCUT2D eigenvalue weighted by molar-refractivity contribution is -0.914. The molecule has 2 aromatic carbocycles. The van der Waals surface area contributed by atoms with Gasteiger partial charge in [0.05, 0.1) is 26.2 Å². The molecule has 3 aromatic rings. The molecule has 1 aliphatic heterocycles. The van der Waals surface area contributed by atoms with Gasteiger partial charge in [-0.05, 0) is 24.6 Å². The third-order valence-corrected chi connectivity index (χ3v) is 5.23. The van der Waals surface area contributed by atoms with Gasteiger partial charge in [0.1, 0.15) is 12.1 Å². The van der Waals surface area contributed by atoms with Gasteiger partial charge in [-0.3, -0.25) is 0 Å². The van der Waals surface area contributed by atoms with Gasteiger partial charge in [0, 0.05) is 22.7 Å². The second kappa shape index (κ2) is 6.84. The molecule has 1 aliphatic rings. The van der Waals surface area contributed by atoms with E-state index in [2.05, 4.69) is 29.2 Å². The molecule has 0 aliphatic carbocycles. The predicted molar refractivity (Wildman–Crippen MR) is 99.7 cm³/mol. The average molecular weight is 350 g/mol. The number of benzene rings is 2. The fourth-order valence-corrected chi connectivity index (χ4v) is 3.72. The van der Waals surface area contributed by atoms with E-state index in [4.69, 9.17) is 4.42 Å². The second-order valence-electron chi connectivity index (χ2n) is 6.91. The minimum atomic E-state index is -0.386. The molecule has 0 bridgehead atoms. The zero-order valence-electron chi connectivity index (χ0n) is 14.8. The highest BCUT2D eigenvalue weighted by Gasteiger charge is 2.21. The molecule has 1 aromatic heterocycles. The van der Waals surface area contributed by atoms with E-state index in [1.807, 2.05) is 6.07 Å². The van der Waals surface area contributed by atoms with Crippen molar-refractivity contribution in [3.8, 4) is 5.75 Å². The van der Waals surface area contributed by atoms with Gasteiger partial charge in [-0.2, -0.15) is 0 Å². The standard InChI is InChI=1S/C21H22N2O3/c1-15-19(24)8-7-18-16(13-20(25)26-21(15)18)14-22-9-11-23(12-10-22)17-5-3-2-4-6-17/h2-8,13,24H,9-12,14H2,1H3. The number of aryl methyl sites for hydroxylation is 1. The monoisotopic (exact) mass is 350 g/mol. The van der Waals surface area contributed by atoms with E-state index in [1.165, 1.54) is 10.6 Å². The van der Waals surface area contributed by atoms with Crippen LogP contribution < -0.4 is 20.5 Å². The lowest BCUT2D eigenvalue weighted by atomic mass is 10.1.